The first-order chi connectivity index (χ1) is 11.8. The Bertz CT molecular complexity index is 669. The molecule has 0 saturated carbocycles. The van der Waals surface area contributed by atoms with E-state index in [1.54, 1.807) is 0 Å². The van der Waals surface area contributed by atoms with Gasteiger partial charge >= 0.3 is 0 Å². The Balaban J connectivity index is 1.29. The zero-order valence-corrected chi connectivity index (χ0v) is 14.1. The summed E-state index contributed by atoms with van der Waals surface area (Å²) in [4.78, 5) is 9.60. The highest BCUT2D eigenvalue weighted by atomic mass is 15.2. The Morgan fingerprint density at radius 1 is 0.917 bits per heavy atom. The van der Waals surface area contributed by atoms with Gasteiger partial charge in [0.1, 0.15) is 0 Å². The smallest absolute Gasteiger partial charge is 0.0668 e. The van der Waals surface area contributed by atoms with Crippen LogP contribution in [0.25, 0.3) is 5.57 Å². The van der Waals surface area contributed by atoms with Gasteiger partial charge in [-0.3, -0.25) is 14.8 Å². The molecule has 0 amide bonds. The highest BCUT2D eigenvalue weighted by molar-refractivity contribution is 5.61. The third kappa shape index (κ3) is 3.42. The van der Waals surface area contributed by atoms with Crippen molar-refractivity contribution in [2.24, 2.45) is 11.8 Å². The fourth-order valence-electron chi connectivity index (χ4n) is 4.21. The number of hydrogen-bond donors (Lipinski definition) is 0. The first-order valence-electron chi connectivity index (χ1n) is 8.86. The lowest BCUT2D eigenvalue weighted by atomic mass is 10.0. The molecule has 3 nitrogen and oxygen atoms in total. The molecule has 1 aromatic heterocycles. The molecule has 2 unspecified atom stereocenters. The van der Waals surface area contributed by atoms with Gasteiger partial charge in [0.15, 0.2) is 0 Å². The van der Waals surface area contributed by atoms with Crippen molar-refractivity contribution < 1.29 is 0 Å². The highest BCUT2D eigenvalue weighted by Gasteiger charge is 2.39. The van der Waals surface area contributed by atoms with E-state index in [2.05, 4.69) is 57.8 Å². The number of rotatable bonds is 5. The molecular weight excluding hydrogens is 294 g/mol. The maximum absolute atomic E-state index is 4.42. The summed E-state index contributed by atoms with van der Waals surface area (Å²) in [6, 6.07) is 16.9. The van der Waals surface area contributed by atoms with Gasteiger partial charge in [-0.1, -0.05) is 43.0 Å². The van der Waals surface area contributed by atoms with Gasteiger partial charge in [-0.2, -0.15) is 0 Å². The maximum atomic E-state index is 4.42. The minimum atomic E-state index is 0.810. The summed E-state index contributed by atoms with van der Waals surface area (Å²) in [6.07, 6.45) is 1.85. The second-order valence-corrected chi connectivity index (χ2v) is 7.21. The van der Waals surface area contributed by atoms with Crippen LogP contribution in [0.2, 0.25) is 0 Å². The zero-order chi connectivity index (χ0) is 16.4. The predicted molar refractivity (Wildman–Crippen MR) is 98.4 cm³/mol. The van der Waals surface area contributed by atoms with Gasteiger partial charge in [0.2, 0.25) is 0 Å². The average molecular weight is 319 g/mol. The van der Waals surface area contributed by atoms with Crippen molar-refractivity contribution in [1.82, 2.24) is 14.8 Å². The summed E-state index contributed by atoms with van der Waals surface area (Å²) in [5, 5.41) is 0. The molecule has 2 aliphatic rings. The molecule has 3 heteroatoms. The Morgan fingerprint density at radius 2 is 1.58 bits per heavy atom. The normalized spacial score (nSPS) is 24.2. The van der Waals surface area contributed by atoms with E-state index >= 15 is 0 Å². The Labute approximate surface area is 144 Å². The summed E-state index contributed by atoms with van der Waals surface area (Å²) >= 11 is 0. The van der Waals surface area contributed by atoms with E-state index in [0.717, 1.165) is 36.2 Å². The second kappa shape index (κ2) is 6.88. The van der Waals surface area contributed by atoms with Crippen molar-refractivity contribution >= 4 is 5.57 Å². The van der Waals surface area contributed by atoms with Crippen LogP contribution in [0.4, 0.5) is 0 Å². The fraction of sp³-hybridized carbons (Fsp3) is 0.381. The molecule has 4 rings (SSSR count). The summed E-state index contributed by atoms with van der Waals surface area (Å²) in [6.45, 7) is 11.1. The van der Waals surface area contributed by atoms with Crippen molar-refractivity contribution in [2.75, 3.05) is 32.7 Å². The van der Waals surface area contributed by atoms with E-state index in [-0.39, 0.29) is 0 Å². The summed E-state index contributed by atoms with van der Waals surface area (Å²) in [7, 11) is 0. The van der Waals surface area contributed by atoms with Crippen molar-refractivity contribution in [3.63, 3.8) is 0 Å². The average Bonchev–Trinajstić information content (AvgIpc) is 3.14. The van der Waals surface area contributed by atoms with Gasteiger partial charge in [-0.05, 0) is 35.1 Å². The number of nitrogens with zero attached hydrogens (tertiary/aromatic N) is 3. The number of fused-ring (bicyclic) bond motifs is 1. The van der Waals surface area contributed by atoms with Gasteiger partial charge in [-0.25, -0.2) is 0 Å². The quantitative estimate of drug-likeness (QED) is 0.844. The minimum absolute atomic E-state index is 0.810. The maximum Gasteiger partial charge on any atom is 0.0668 e. The lowest BCUT2D eigenvalue weighted by Gasteiger charge is -2.22. The van der Waals surface area contributed by atoms with Gasteiger partial charge < -0.3 is 0 Å². The molecule has 0 bridgehead atoms. The molecule has 2 saturated heterocycles. The number of aromatic nitrogens is 1. The number of benzene rings is 1. The second-order valence-electron chi connectivity index (χ2n) is 7.21. The third-order valence-electron chi connectivity index (χ3n) is 5.33. The lowest BCUT2D eigenvalue weighted by Crippen LogP contribution is -2.29. The number of hydrogen-bond acceptors (Lipinski definition) is 3. The van der Waals surface area contributed by atoms with E-state index in [9.17, 15) is 0 Å². The SMILES string of the molecule is C=C(CN1CC2CN(Cc3ccccc3)CC2C1)c1ccccn1. The molecule has 2 atom stereocenters. The van der Waals surface area contributed by atoms with Crippen LogP contribution in [0.5, 0.6) is 0 Å². The lowest BCUT2D eigenvalue weighted by molar-refractivity contribution is 0.264. The van der Waals surface area contributed by atoms with Crippen molar-refractivity contribution in [3.8, 4) is 0 Å². The molecule has 0 radical (unpaired) electrons. The van der Waals surface area contributed by atoms with Crippen LogP contribution in [0.3, 0.4) is 0 Å². The van der Waals surface area contributed by atoms with E-state index in [1.807, 2.05) is 18.3 Å². The standard InChI is InChI=1S/C21H25N3/c1-17(21-9-5-6-10-22-21)11-23-13-19-15-24(16-20(19)14-23)12-18-7-3-2-4-8-18/h2-10,19-20H,1,11-16H2. The molecule has 124 valence electrons. The van der Waals surface area contributed by atoms with Crippen LogP contribution in [0.15, 0.2) is 61.3 Å². The van der Waals surface area contributed by atoms with Crippen LogP contribution in [0, 0.1) is 11.8 Å². The largest absolute Gasteiger partial charge is 0.298 e. The van der Waals surface area contributed by atoms with E-state index in [0.29, 0.717) is 0 Å². The molecular formula is C21H25N3. The number of likely N-dealkylation sites (tertiary alicyclic amines) is 2. The first-order valence-corrected chi connectivity index (χ1v) is 8.86. The van der Waals surface area contributed by atoms with Crippen LogP contribution >= 0.6 is 0 Å². The summed E-state index contributed by atoms with van der Waals surface area (Å²) in [5.74, 6) is 1.62. The fourth-order valence-corrected chi connectivity index (χ4v) is 4.21. The Morgan fingerprint density at radius 3 is 2.25 bits per heavy atom. The minimum Gasteiger partial charge on any atom is -0.298 e. The van der Waals surface area contributed by atoms with Gasteiger partial charge in [0.05, 0.1) is 5.69 Å². The molecule has 2 aliphatic heterocycles. The molecule has 0 aliphatic carbocycles. The number of pyridine rings is 1. The van der Waals surface area contributed by atoms with Crippen LogP contribution < -0.4 is 0 Å². The summed E-state index contributed by atoms with van der Waals surface area (Å²) in [5.41, 5.74) is 3.59. The van der Waals surface area contributed by atoms with Crippen LogP contribution in [-0.4, -0.2) is 47.5 Å². The van der Waals surface area contributed by atoms with E-state index in [1.165, 1.54) is 31.7 Å². The van der Waals surface area contributed by atoms with E-state index in [4.69, 9.17) is 0 Å². The highest BCUT2D eigenvalue weighted by Crippen LogP contribution is 2.32. The molecule has 1 aromatic carbocycles. The molecule has 0 N–H and O–H groups in total. The van der Waals surface area contributed by atoms with Gasteiger partial charge in [-0.15, -0.1) is 0 Å². The van der Waals surface area contributed by atoms with Crippen LogP contribution in [0.1, 0.15) is 11.3 Å². The van der Waals surface area contributed by atoms with Crippen molar-refractivity contribution in [3.05, 3.63) is 72.6 Å². The monoisotopic (exact) mass is 319 g/mol. The third-order valence-corrected chi connectivity index (χ3v) is 5.33. The first kappa shape index (κ1) is 15.6. The van der Waals surface area contributed by atoms with Gasteiger partial charge in [0.25, 0.3) is 0 Å². The summed E-state index contributed by atoms with van der Waals surface area (Å²) < 4.78 is 0. The Hall–Kier alpha value is -1.97. The molecule has 2 fully saturated rings. The predicted octanol–water partition coefficient (Wildman–Crippen LogP) is 3.16. The van der Waals surface area contributed by atoms with E-state index < -0.39 is 0 Å². The molecule has 24 heavy (non-hydrogen) atoms. The van der Waals surface area contributed by atoms with Crippen molar-refractivity contribution in [1.29, 1.82) is 0 Å². The molecule has 2 aromatic rings. The Kier molecular flexibility index (Phi) is 4.46. The van der Waals surface area contributed by atoms with Crippen molar-refractivity contribution in [2.45, 2.75) is 6.54 Å². The molecule has 3 heterocycles. The van der Waals surface area contributed by atoms with Crippen LogP contribution in [-0.2, 0) is 6.54 Å². The van der Waals surface area contributed by atoms with Gasteiger partial charge in [0, 0.05) is 45.5 Å². The molecule has 0 spiro atoms. The topological polar surface area (TPSA) is 19.4 Å². The zero-order valence-electron chi connectivity index (χ0n) is 14.1.